The molecule has 3 aromatic rings. The number of aromatic amines is 1. The van der Waals surface area contributed by atoms with E-state index in [1.54, 1.807) is 30.4 Å². The summed E-state index contributed by atoms with van der Waals surface area (Å²) >= 11 is 1.60. The molecule has 1 N–H and O–H groups in total. The number of aryl methyl sites for hydroxylation is 1. The number of hydrogen-bond acceptors (Lipinski definition) is 4. The standard InChI is InChI=1S/C19H13NO3S/c1-11-9-14-15(23-19(22)17(14)18(21)20-11)10-13-7-8-16(24-13)12-5-3-2-4-6-12/h2-10H,1H3,(H,20,21)/b15-10-. The molecule has 0 spiro atoms. The van der Waals surface area contributed by atoms with Crippen molar-refractivity contribution in [3.63, 3.8) is 0 Å². The van der Waals surface area contributed by atoms with Crippen molar-refractivity contribution in [2.24, 2.45) is 0 Å². The monoisotopic (exact) mass is 335 g/mol. The van der Waals surface area contributed by atoms with Crippen LogP contribution in [0.2, 0.25) is 0 Å². The highest BCUT2D eigenvalue weighted by molar-refractivity contribution is 7.16. The van der Waals surface area contributed by atoms with E-state index in [0.29, 0.717) is 17.0 Å². The molecule has 0 radical (unpaired) electrons. The van der Waals surface area contributed by atoms with Gasteiger partial charge in [-0.25, -0.2) is 4.79 Å². The van der Waals surface area contributed by atoms with E-state index in [1.807, 2.05) is 30.3 Å². The van der Waals surface area contributed by atoms with Gasteiger partial charge in [0.15, 0.2) is 0 Å². The Morgan fingerprint density at radius 1 is 1.08 bits per heavy atom. The molecule has 0 saturated heterocycles. The Morgan fingerprint density at radius 3 is 2.67 bits per heavy atom. The van der Waals surface area contributed by atoms with E-state index in [9.17, 15) is 9.59 Å². The number of esters is 1. The zero-order valence-corrected chi connectivity index (χ0v) is 13.6. The van der Waals surface area contributed by atoms with Gasteiger partial charge in [0.25, 0.3) is 5.56 Å². The van der Waals surface area contributed by atoms with Gasteiger partial charge in [-0.3, -0.25) is 4.79 Å². The van der Waals surface area contributed by atoms with Crippen LogP contribution in [0.25, 0.3) is 22.3 Å². The van der Waals surface area contributed by atoms with Crippen molar-refractivity contribution >= 4 is 29.1 Å². The van der Waals surface area contributed by atoms with E-state index in [0.717, 1.165) is 15.3 Å². The average molecular weight is 335 g/mol. The number of nitrogens with one attached hydrogen (secondary N) is 1. The highest BCUT2D eigenvalue weighted by Crippen LogP contribution is 2.33. The molecule has 0 amide bonds. The minimum Gasteiger partial charge on any atom is -0.422 e. The molecule has 0 aliphatic carbocycles. The fourth-order valence-electron chi connectivity index (χ4n) is 2.72. The second-order valence-electron chi connectivity index (χ2n) is 5.54. The van der Waals surface area contributed by atoms with Crippen LogP contribution in [-0.4, -0.2) is 11.0 Å². The average Bonchev–Trinajstić information content (AvgIpc) is 3.14. The molecule has 0 saturated carbocycles. The molecular weight excluding hydrogens is 322 g/mol. The van der Waals surface area contributed by atoms with Crippen molar-refractivity contribution in [3.05, 3.63) is 80.6 Å². The number of aromatic nitrogens is 1. The van der Waals surface area contributed by atoms with Crippen molar-refractivity contribution in [1.82, 2.24) is 4.98 Å². The summed E-state index contributed by atoms with van der Waals surface area (Å²) < 4.78 is 5.30. The van der Waals surface area contributed by atoms with Crippen LogP contribution in [0, 0.1) is 6.92 Å². The third-order valence-corrected chi connectivity index (χ3v) is 4.88. The first-order valence-electron chi connectivity index (χ1n) is 7.45. The Labute approximate surface area is 142 Å². The number of fused-ring (bicyclic) bond motifs is 1. The molecule has 0 bridgehead atoms. The number of H-pyrrole nitrogens is 1. The van der Waals surface area contributed by atoms with Crippen LogP contribution in [0.5, 0.6) is 0 Å². The lowest BCUT2D eigenvalue weighted by molar-refractivity contribution is 0.0715. The van der Waals surface area contributed by atoms with Gasteiger partial charge in [0.1, 0.15) is 11.3 Å². The fourth-order valence-corrected chi connectivity index (χ4v) is 3.66. The maximum Gasteiger partial charge on any atom is 0.349 e. The topological polar surface area (TPSA) is 59.2 Å². The van der Waals surface area contributed by atoms with Gasteiger partial charge in [-0.05, 0) is 36.8 Å². The van der Waals surface area contributed by atoms with Crippen LogP contribution >= 0.6 is 11.3 Å². The summed E-state index contributed by atoms with van der Waals surface area (Å²) in [6.45, 7) is 1.78. The van der Waals surface area contributed by atoms with E-state index in [4.69, 9.17) is 4.74 Å². The molecule has 0 unspecified atom stereocenters. The van der Waals surface area contributed by atoms with Gasteiger partial charge in [-0.2, -0.15) is 0 Å². The van der Waals surface area contributed by atoms with Gasteiger partial charge >= 0.3 is 5.97 Å². The third kappa shape index (κ3) is 2.49. The van der Waals surface area contributed by atoms with Gasteiger partial charge in [0, 0.05) is 21.0 Å². The summed E-state index contributed by atoms with van der Waals surface area (Å²) in [6, 6.07) is 15.9. The Hall–Kier alpha value is -2.92. The van der Waals surface area contributed by atoms with Crippen LogP contribution in [-0.2, 0) is 4.74 Å². The Morgan fingerprint density at radius 2 is 1.88 bits per heavy atom. The Kier molecular flexibility index (Phi) is 3.43. The van der Waals surface area contributed by atoms with Crippen molar-refractivity contribution in [3.8, 4) is 10.4 Å². The number of rotatable bonds is 2. The van der Waals surface area contributed by atoms with Gasteiger partial charge < -0.3 is 9.72 Å². The summed E-state index contributed by atoms with van der Waals surface area (Å²) in [5.41, 5.74) is 2.06. The smallest absolute Gasteiger partial charge is 0.349 e. The minimum absolute atomic E-state index is 0.0756. The van der Waals surface area contributed by atoms with Gasteiger partial charge in [-0.15, -0.1) is 11.3 Å². The second-order valence-corrected chi connectivity index (χ2v) is 6.65. The quantitative estimate of drug-likeness (QED) is 0.718. The molecule has 1 aliphatic heterocycles. The van der Waals surface area contributed by atoms with E-state index in [-0.39, 0.29) is 5.56 Å². The Balaban J connectivity index is 1.76. The first-order chi connectivity index (χ1) is 11.6. The number of carbonyl (C=O) groups is 1. The van der Waals surface area contributed by atoms with Crippen LogP contribution in [0.3, 0.4) is 0 Å². The molecule has 1 aromatic carbocycles. The number of carbonyl (C=O) groups excluding carboxylic acids is 1. The zero-order chi connectivity index (χ0) is 16.7. The highest BCUT2D eigenvalue weighted by Gasteiger charge is 2.30. The maximum absolute atomic E-state index is 11.9. The summed E-state index contributed by atoms with van der Waals surface area (Å²) in [5, 5.41) is 0. The second kappa shape index (κ2) is 5.62. The molecule has 3 heterocycles. The van der Waals surface area contributed by atoms with Gasteiger partial charge in [0.2, 0.25) is 0 Å². The molecule has 0 atom stereocenters. The number of benzene rings is 1. The number of thiophene rings is 1. The molecule has 1 aliphatic rings. The van der Waals surface area contributed by atoms with Gasteiger partial charge in [0.05, 0.1) is 0 Å². The molecule has 2 aromatic heterocycles. The minimum atomic E-state index is -0.600. The van der Waals surface area contributed by atoms with Gasteiger partial charge in [-0.1, -0.05) is 30.3 Å². The van der Waals surface area contributed by atoms with Crippen molar-refractivity contribution in [2.45, 2.75) is 6.92 Å². The van der Waals surface area contributed by atoms with E-state index >= 15 is 0 Å². The van der Waals surface area contributed by atoms with Crippen LogP contribution in [0.15, 0.2) is 53.3 Å². The molecule has 5 heteroatoms. The number of hydrogen-bond donors (Lipinski definition) is 1. The Bertz CT molecular complexity index is 1030. The highest BCUT2D eigenvalue weighted by atomic mass is 32.1. The summed E-state index contributed by atoms with van der Waals surface area (Å²) in [4.78, 5) is 28.6. The lowest BCUT2D eigenvalue weighted by Gasteiger charge is -1.99. The van der Waals surface area contributed by atoms with Crippen LogP contribution in [0.1, 0.15) is 26.5 Å². The number of ether oxygens (including phenoxy) is 1. The maximum atomic E-state index is 11.9. The predicted molar refractivity (Wildman–Crippen MR) is 94.8 cm³/mol. The zero-order valence-electron chi connectivity index (χ0n) is 12.8. The van der Waals surface area contributed by atoms with E-state index in [2.05, 4.69) is 17.1 Å². The normalized spacial score (nSPS) is 14.7. The summed E-state index contributed by atoms with van der Waals surface area (Å²) in [6.07, 6.45) is 1.81. The van der Waals surface area contributed by atoms with Crippen molar-refractivity contribution in [2.75, 3.05) is 0 Å². The molecule has 4 rings (SSSR count). The number of pyridine rings is 1. The molecular formula is C19H13NO3S. The first-order valence-corrected chi connectivity index (χ1v) is 8.27. The fraction of sp³-hybridized carbons (Fsp3) is 0.0526. The van der Waals surface area contributed by atoms with Crippen molar-refractivity contribution < 1.29 is 9.53 Å². The largest absolute Gasteiger partial charge is 0.422 e. The molecule has 118 valence electrons. The summed E-state index contributed by atoms with van der Waals surface area (Å²) in [7, 11) is 0. The lowest BCUT2D eigenvalue weighted by atomic mass is 10.1. The first kappa shape index (κ1) is 14.7. The van der Waals surface area contributed by atoms with E-state index in [1.165, 1.54) is 0 Å². The molecule has 0 fully saturated rings. The SMILES string of the molecule is Cc1cc2c(c(=O)[nH]1)C(=O)O/C2=C\c1ccc(-c2ccccc2)s1. The lowest BCUT2D eigenvalue weighted by Crippen LogP contribution is -2.16. The van der Waals surface area contributed by atoms with Crippen LogP contribution < -0.4 is 5.56 Å². The van der Waals surface area contributed by atoms with Crippen LogP contribution in [0.4, 0.5) is 0 Å². The third-order valence-electron chi connectivity index (χ3n) is 3.80. The number of cyclic esters (lactones) is 1. The molecule has 24 heavy (non-hydrogen) atoms. The van der Waals surface area contributed by atoms with Crippen molar-refractivity contribution in [1.29, 1.82) is 0 Å². The molecule has 4 nitrogen and oxygen atoms in total. The predicted octanol–water partition coefficient (Wildman–Crippen LogP) is 4.08. The summed E-state index contributed by atoms with van der Waals surface area (Å²) in [5.74, 6) is -0.178. The van der Waals surface area contributed by atoms with E-state index < -0.39 is 11.5 Å².